The number of anilines is 1. The normalized spacial score (nSPS) is 27.2. The van der Waals surface area contributed by atoms with Gasteiger partial charge < -0.3 is 9.72 Å². The Morgan fingerprint density at radius 3 is 2.48 bits per heavy atom. The second-order valence-electron chi connectivity index (χ2n) is 12.7. The molecule has 1 aromatic heterocycles. The molecule has 0 spiro atoms. The molecule has 14 heteroatoms. The van der Waals surface area contributed by atoms with Gasteiger partial charge in [0, 0.05) is 33.7 Å². The highest BCUT2D eigenvalue weighted by atomic mass is 32.2. The molecule has 2 aliphatic carbocycles. The number of thiazole rings is 1. The number of nitro groups is 1. The van der Waals surface area contributed by atoms with E-state index >= 15 is 0 Å². The highest BCUT2D eigenvalue weighted by Crippen LogP contribution is 2.69. The lowest BCUT2D eigenvalue weighted by atomic mass is 9.68. The summed E-state index contributed by atoms with van der Waals surface area (Å²) in [6.45, 7) is 2.15. The molecule has 3 heterocycles. The van der Waals surface area contributed by atoms with Gasteiger partial charge >= 0.3 is 11.0 Å². The van der Waals surface area contributed by atoms with E-state index in [9.17, 15) is 37.7 Å². The van der Waals surface area contributed by atoms with Crippen molar-refractivity contribution in [2.24, 2.45) is 29.6 Å². The Labute approximate surface area is 279 Å². The van der Waals surface area contributed by atoms with Crippen LogP contribution in [0.4, 0.5) is 24.5 Å². The fourth-order valence-electron chi connectivity index (χ4n) is 8.39. The molecule has 1 N–H and O–H groups in total. The number of nitrogens with one attached hydrogen (secondary N) is 1. The first-order valence-corrected chi connectivity index (χ1v) is 17.0. The van der Waals surface area contributed by atoms with Crippen LogP contribution in [0.3, 0.4) is 0 Å². The van der Waals surface area contributed by atoms with Crippen LogP contribution >= 0.6 is 23.1 Å². The van der Waals surface area contributed by atoms with Crippen LogP contribution in [0.5, 0.6) is 5.75 Å². The Morgan fingerprint density at radius 1 is 1.00 bits per heavy atom. The number of imide groups is 1. The molecule has 2 amide bonds. The molecule has 0 radical (unpaired) electrons. The number of alkyl halides is 3. The summed E-state index contributed by atoms with van der Waals surface area (Å²) in [5, 5.41) is 12.4. The molecule has 4 aliphatic rings. The average molecular weight is 694 g/mol. The van der Waals surface area contributed by atoms with Crippen molar-refractivity contribution in [3.63, 3.8) is 0 Å². The predicted molar refractivity (Wildman–Crippen MR) is 171 cm³/mol. The standard InChI is InChI=1S/C34H26F3N3O6S2/c1-15-5-2-3-6-16(15)14-46-23-10-9-19(40(44)45)12-20(23)24-25-21-13-22(28(25)47-30-29(24)48-33(43)38-30)27-26(21)31(41)39(32(27)42)18-8-4-7-17(11-18)34(35,36)37/h2-12,21-22,24-28H,13-14H2,1H3,(H,38,43)/t21-,22-,24+,25+,26+,27+,28-/m1/s1. The number of fused-ring (bicyclic) bond motifs is 9. The summed E-state index contributed by atoms with van der Waals surface area (Å²) in [5.74, 6) is -3.67. The molecular formula is C34H26F3N3O6S2. The Balaban J connectivity index is 1.21. The number of carbonyl (C=O) groups is 2. The van der Waals surface area contributed by atoms with Gasteiger partial charge in [0.2, 0.25) is 11.8 Å². The number of thioether (sulfide) groups is 1. The van der Waals surface area contributed by atoms with Crippen LogP contribution in [-0.4, -0.2) is 27.0 Å². The van der Waals surface area contributed by atoms with Gasteiger partial charge in [0.1, 0.15) is 12.4 Å². The zero-order chi connectivity index (χ0) is 33.6. The lowest BCUT2D eigenvalue weighted by Crippen LogP contribution is -2.42. The number of nitrogens with zero attached hydrogens (tertiary/aromatic N) is 2. The van der Waals surface area contributed by atoms with Crippen molar-refractivity contribution < 1.29 is 32.4 Å². The second kappa shape index (κ2) is 11.1. The molecule has 9 nitrogen and oxygen atoms in total. The van der Waals surface area contributed by atoms with Gasteiger partial charge in [0.05, 0.1) is 33.0 Å². The van der Waals surface area contributed by atoms with E-state index < -0.39 is 46.2 Å². The van der Waals surface area contributed by atoms with E-state index in [1.54, 1.807) is 6.07 Å². The number of hydrogen-bond donors (Lipinski definition) is 1. The third-order valence-corrected chi connectivity index (χ3v) is 12.9. The van der Waals surface area contributed by atoms with Crippen molar-refractivity contribution in [3.8, 4) is 5.75 Å². The van der Waals surface area contributed by atoms with Crippen molar-refractivity contribution in [2.75, 3.05) is 4.90 Å². The smallest absolute Gasteiger partial charge is 0.416 e. The van der Waals surface area contributed by atoms with Crippen LogP contribution in [0, 0.1) is 46.6 Å². The number of amides is 2. The molecule has 2 bridgehead atoms. The highest BCUT2D eigenvalue weighted by molar-refractivity contribution is 8.00. The molecule has 2 aliphatic heterocycles. The van der Waals surface area contributed by atoms with E-state index in [2.05, 4.69) is 4.98 Å². The highest BCUT2D eigenvalue weighted by Gasteiger charge is 2.70. The van der Waals surface area contributed by atoms with Crippen molar-refractivity contribution in [2.45, 2.75) is 42.3 Å². The minimum atomic E-state index is -4.65. The third-order valence-electron chi connectivity index (χ3n) is 10.3. The van der Waals surface area contributed by atoms with Gasteiger partial charge in [-0.25, -0.2) is 0 Å². The first-order valence-electron chi connectivity index (χ1n) is 15.3. The number of hydrogen-bond acceptors (Lipinski definition) is 8. The molecule has 0 unspecified atom stereocenters. The van der Waals surface area contributed by atoms with E-state index in [0.717, 1.165) is 39.5 Å². The summed E-state index contributed by atoms with van der Waals surface area (Å²) in [6.07, 6.45) is -4.11. The fourth-order valence-corrected chi connectivity index (χ4v) is 11.3. The van der Waals surface area contributed by atoms with Crippen molar-refractivity contribution in [1.29, 1.82) is 0 Å². The summed E-state index contributed by atoms with van der Waals surface area (Å²) in [5.41, 5.74) is 1.22. The molecule has 48 heavy (non-hydrogen) atoms. The van der Waals surface area contributed by atoms with E-state index in [0.29, 0.717) is 27.6 Å². The van der Waals surface area contributed by atoms with Crippen LogP contribution < -0.4 is 14.5 Å². The second-order valence-corrected chi connectivity index (χ2v) is 14.9. The number of non-ortho nitro benzene ring substituents is 1. The number of benzene rings is 3. The number of aryl methyl sites for hydroxylation is 1. The molecule has 3 fully saturated rings. The lowest BCUT2D eigenvalue weighted by Gasteiger charge is -2.43. The minimum Gasteiger partial charge on any atom is -0.489 e. The number of rotatable bonds is 6. The Bertz CT molecular complexity index is 2080. The number of H-pyrrole nitrogens is 1. The SMILES string of the molecule is Cc1ccccc1COc1ccc([N+](=O)[O-])cc1[C@@H]1c2sc(=O)[nH]c2S[C@@H]2[C@@H]3C[C@@H]([C@@H]4C(=O)N(c5cccc(C(F)(F)F)c5)C(=O)[C@@H]34)[C@@H]12. The van der Waals surface area contributed by atoms with Crippen LogP contribution in [0.1, 0.15) is 39.5 Å². The van der Waals surface area contributed by atoms with Gasteiger partial charge in [-0.2, -0.15) is 13.2 Å². The first-order chi connectivity index (χ1) is 22.9. The van der Waals surface area contributed by atoms with Crippen molar-refractivity contribution >= 4 is 46.3 Å². The molecule has 7 atom stereocenters. The maximum Gasteiger partial charge on any atom is 0.416 e. The maximum absolute atomic E-state index is 14.1. The van der Waals surface area contributed by atoms with E-state index in [1.165, 1.54) is 36.0 Å². The Hall–Kier alpha value is -4.43. The van der Waals surface area contributed by atoms with Gasteiger partial charge in [-0.05, 0) is 66.5 Å². The number of carbonyl (C=O) groups excluding carboxylic acids is 2. The van der Waals surface area contributed by atoms with Gasteiger partial charge in [0.15, 0.2) is 0 Å². The minimum absolute atomic E-state index is 0.116. The van der Waals surface area contributed by atoms with Crippen LogP contribution in [0.15, 0.2) is 76.6 Å². The number of halogens is 3. The summed E-state index contributed by atoms with van der Waals surface area (Å²) < 4.78 is 47.0. The largest absolute Gasteiger partial charge is 0.489 e. The topological polar surface area (TPSA) is 123 Å². The monoisotopic (exact) mass is 693 g/mol. The number of aromatic nitrogens is 1. The van der Waals surface area contributed by atoms with E-state index in [-0.39, 0.29) is 45.9 Å². The summed E-state index contributed by atoms with van der Waals surface area (Å²) in [6, 6.07) is 16.3. The van der Waals surface area contributed by atoms with Crippen LogP contribution in [0.25, 0.3) is 0 Å². The number of ether oxygens (including phenoxy) is 1. The molecule has 4 aromatic rings. The maximum atomic E-state index is 14.1. The number of nitro benzene ring substituents is 1. The quantitative estimate of drug-likeness (QED) is 0.132. The van der Waals surface area contributed by atoms with Crippen LogP contribution in [-0.2, 0) is 22.4 Å². The average Bonchev–Trinajstić information content (AvgIpc) is 3.79. The Kier molecular flexibility index (Phi) is 7.11. The van der Waals surface area contributed by atoms with Crippen molar-refractivity contribution in [3.05, 3.63) is 114 Å². The summed E-state index contributed by atoms with van der Waals surface area (Å²) in [4.78, 5) is 56.5. The van der Waals surface area contributed by atoms with Crippen molar-refractivity contribution in [1.82, 2.24) is 4.98 Å². The third kappa shape index (κ3) is 4.71. The zero-order valence-corrected chi connectivity index (χ0v) is 26.7. The fraction of sp³-hybridized carbons (Fsp3) is 0.324. The molecular weight excluding hydrogens is 668 g/mol. The van der Waals surface area contributed by atoms with Gasteiger partial charge in [-0.15, -0.1) is 11.8 Å². The molecule has 1 saturated heterocycles. The lowest BCUT2D eigenvalue weighted by molar-refractivity contribution is -0.385. The zero-order valence-electron chi connectivity index (χ0n) is 25.1. The first kappa shape index (κ1) is 30.9. The number of aromatic amines is 1. The summed E-state index contributed by atoms with van der Waals surface area (Å²) in [7, 11) is 0. The molecule has 8 rings (SSSR count). The predicted octanol–water partition coefficient (Wildman–Crippen LogP) is 6.93. The summed E-state index contributed by atoms with van der Waals surface area (Å²) >= 11 is 2.45. The Morgan fingerprint density at radius 2 is 1.75 bits per heavy atom. The molecule has 2 saturated carbocycles. The van der Waals surface area contributed by atoms with Gasteiger partial charge in [-0.3, -0.25) is 29.4 Å². The van der Waals surface area contributed by atoms with Crippen LogP contribution in [0.2, 0.25) is 0 Å². The van der Waals surface area contributed by atoms with Gasteiger partial charge in [-0.1, -0.05) is 41.7 Å². The molecule has 246 valence electrons. The van der Waals surface area contributed by atoms with Gasteiger partial charge in [0.25, 0.3) is 5.69 Å². The molecule has 3 aromatic carbocycles. The van der Waals surface area contributed by atoms with E-state index in [4.69, 9.17) is 4.74 Å². The van der Waals surface area contributed by atoms with E-state index in [1.807, 2.05) is 31.2 Å².